The minimum Gasteiger partial charge on any atom is -0.497 e. The van der Waals surface area contributed by atoms with Gasteiger partial charge in [-0.2, -0.15) is 0 Å². The van der Waals surface area contributed by atoms with E-state index in [1.165, 1.54) is 11.3 Å². The van der Waals surface area contributed by atoms with Crippen LogP contribution in [0, 0.1) is 0 Å². The van der Waals surface area contributed by atoms with Crippen LogP contribution in [-0.2, 0) is 0 Å². The van der Waals surface area contributed by atoms with Crippen molar-refractivity contribution >= 4 is 17.6 Å². The topological polar surface area (TPSA) is 34.1 Å². The third-order valence-corrected chi connectivity index (χ3v) is 6.15. The van der Waals surface area contributed by atoms with E-state index in [1.54, 1.807) is 7.11 Å². The van der Waals surface area contributed by atoms with Gasteiger partial charge in [0, 0.05) is 24.5 Å². The number of benzene rings is 3. The van der Waals surface area contributed by atoms with Crippen LogP contribution in [-0.4, -0.2) is 25.9 Å². The van der Waals surface area contributed by atoms with E-state index in [0.717, 1.165) is 34.9 Å². The molecule has 1 heterocycles. The Morgan fingerprint density at radius 1 is 0.935 bits per heavy atom. The van der Waals surface area contributed by atoms with Gasteiger partial charge in [0.05, 0.1) is 12.8 Å². The van der Waals surface area contributed by atoms with Gasteiger partial charge in [-0.3, -0.25) is 4.99 Å². The van der Waals surface area contributed by atoms with E-state index in [1.807, 2.05) is 54.7 Å². The Hall–Kier alpha value is -3.27. The van der Waals surface area contributed by atoms with Gasteiger partial charge in [-0.15, -0.1) is 0 Å². The van der Waals surface area contributed by atoms with Gasteiger partial charge in [-0.25, -0.2) is 0 Å². The molecule has 0 saturated carbocycles. The van der Waals surface area contributed by atoms with Crippen molar-refractivity contribution in [3.05, 3.63) is 77.9 Å². The van der Waals surface area contributed by atoms with Crippen LogP contribution >= 0.6 is 0 Å². The Kier molecular flexibility index (Phi) is 5.73. The molecule has 4 nitrogen and oxygen atoms in total. The largest absolute Gasteiger partial charge is 0.497 e. The maximum atomic E-state index is 5.88. The number of fused-ring (bicyclic) bond motifs is 1. The monoisotopic (exact) mass is 414 g/mol. The van der Waals surface area contributed by atoms with Crippen LogP contribution in [0.25, 0.3) is 0 Å². The fraction of sp³-hybridized carbons (Fsp3) is 0.296. The lowest BCUT2D eigenvalue weighted by Gasteiger charge is -2.45. The third-order valence-electron chi connectivity index (χ3n) is 6.15. The van der Waals surface area contributed by atoms with E-state index >= 15 is 0 Å². The molecule has 0 amide bonds. The second kappa shape index (κ2) is 8.46. The molecule has 0 radical (unpaired) electrons. The van der Waals surface area contributed by atoms with Crippen LogP contribution in [0.3, 0.4) is 0 Å². The second-order valence-corrected chi connectivity index (χ2v) is 8.82. The summed E-state index contributed by atoms with van der Waals surface area (Å²) in [7, 11) is 3.84. The highest BCUT2D eigenvalue weighted by Gasteiger charge is 2.33. The van der Waals surface area contributed by atoms with Crippen molar-refractivity contribution in [3.63, 3.8) is 0 Å². The van der Waals surface area contributed by atoms with Crippen molar-refractivity contribution in [1.29, 1.82) is 0 Å². The number of methoxy groups -OCH3 is 1. The molecule has 0 N–H and O–H groups in total. The van der Waals surface area contributed by atoms with Gasteiger partial charge in [-0.1, -0.05) is 13.0 Å². The molecule has 1 unspecified atom stereocenters. The highest BCUT2D eigenvalue weighted by Crippen LogP contribution is 2.42. The lowest BCUT2D eigenvalue weighted by atomic mass is 9.80. The Balaban J connectivity index is 1.46. The summed E-state index contributed by atoms with van der Waals surface area (Å²) in [5.74, 6) is 2.89. The first-order chi connectivity index (χ1) is 14.9. The number of hydrogen-bond donors (Lipinski definition) is 0. The molecule has 0 aromatic heterocycles. The molecule has 4 heteroatoms. The molecular formula is C27H30N2O2. The molecule has 1 aliphatic heterocycles. The first kappa shape index (κ1) is 21.0. The maximum absolute atomic E-state index is 5.88. The molecule has 1 aliphatic rings. The molecule has 0 fully saturated rings. The number of aliphatic imine (C=N–C) groups is 1. The van der Waals surface area contributed by atoms with E-state index in [-0.39, 0.29) is 5.54 Å². The first-order valence-electron chi connectivity index (χ1n) is 10.7. The normalized spacial score (nSPS) is 17.5. The average Bonchev–Trinajstić information content (AvgIpc) is 2.77. The highest BCUT2D eigenvalue weighted by molar-refractivity contribution is 5.83. The quantitative estimate of drug-likeness (QED) is 0.423. The van der Waals surface area contributed by atoms with Gasteiger partial charge >= 0.3 is 0 Å². The van der Waals surface area contributed by atoms with Crippen LogP contribution in [0.2, 0.25) is 0 Å². The summed E-state index contributed by atoms with van der Waals surface area (Å²) in [6.45, 7) is 6.93. The Morgan fingerprint density at radius 3 is 2.19 bits per heavy atom. The lowest BCUT2D eigenvalue weighted by Crippen LogP contribution is -2.45. The molecule has 160 valence electrons. The van der Waals surface area contributed by atoms with Gasteiger partial charge < -0.3 is 14.4 Å². The number of hydrogen-bond acceptors (Lipinski definition) is 4. The van der Waals surface area contributed by atoms with Gasteiger partial charge in [0.2, 0.25) is 0 Å². The average molecular weight is 415 g/mol. The van der Waals surface area contributed by atoms with Gasteiger partial charge in [0.1, 0.15) is 17.2 Å². The van der Waals surface area contributed by atoms with E-state index < -0.39 is 0 Å². The number of ether oxygens (including phenoxy) is 2. The SMILES string of the molecule is COc1ccc(Oc2ccc(N=Cc3ccc4c(c3)C(C)CC(C)(C)N4C)cc2)cc1. The van der Waals surface area contributed by atoms with E-state index in [2.05, 4.69) is 55.9 Å². The fourth-order valence-corrected chi connectivity index (χ4v) is 4.20. The molecule has 0 spiro atoms. The summed E-state index contributed by atoms with van der Waals surface area (Å²) in [6.07, 6.45) is 3.08. The fourth-order valence-electron chi connectivity index (χ4n) is 4.20. The number of nitrogens with zero attached hydrogens (tertiary/aromatic N) is 2. The Labute approximate surface area is 185 Å². The number of rotatable bonds is 5. The summed E-state index contributed by atoms with van der Waals surface area (Å²) in [4.78, 5) is 7.05. The third kappa shape index (κ3) is 4.58. The molecule has 3 aromatic rings. The number of anilines is 1. The molecule has 0 aliphatic carbocycles. The summed E-state index contributed by atoms with van der Waals surface area (Å²) in [5, 5.41) is 0. The molecule has 1 atom stereocenters. The maximum Gasteiger partial charge on any atom is 0.127 e. The van der Waals surface area contributed by atoms with E-state index in [0.29, 0.717) is 5.92 Å². The van der Waals surface area contributed by atoms with Crippen LogP contribution in [0.1, 0.15) is 44.2 Å². The van der Waals surface area contributed by atoms with E-state index in [4.69, 9.17) is 9.47 Å². The smallest absolute Gasteiger partial charge is 0.127 e. The summed E-state index contributed by atoms with van der Waals surface area (Å²) in [5.41, 5.74) is 4.91. The molecule has 4 rings (SSSR count). The van der Waals surface area contributed by atoms with Crippen molar-refractivity contribution < 1.29 is 9.47 Å². The zero-order chi connectivity index (χ0) is 22.0. The van der Waals surface area contributed by atoms with Gasteiger partial charge in [0.15, 0.2) is 0 Å². The second-order valence-electron chi connectivity index (χ2n) is 8.82. The van der Waals surface area contributed by atoms with Crippen molar-refractivity contribution in [2.45, 2.75) is 38.6 Å². The standard InChI is InChI=1S/C27H30N2O2/c1-19-17-27(2,3)29(4)26-15-6-20(16-25(19)26)18-28-21-7-9-23(10-8-21)31-24-13-11-22(30-5)12-14-24/h6-16,18-19H,17H2,1-5H3. The van der Waals surface area contributed by atoms with Gasteiger partial charge in [0.25, 0.3) is 0 Å². The lowest BCUT2D eigenvalue weighted by molar-refractivity contribution is 0.395. The summed E-state index contributed by atoms with van der Waals surface area (Å²) < 4.78 is 11.1. The van der Waals surface area contributed by atoms with Crippen LogP contribution in [0.15, 0.2) is 71.7 Å². The Bertz CT molecular complexity index is 1070. The highest BCUT2D eigenvalue weighted by atomic mass is 16.5. The molecule has 31 heavy (non-hydrogen) atoms. The molecular weight excluding hydrogens is 384 g/mol. The van der Waals surface area contributed by atoms with Crippen molar-refractivity contribution in [2.75, 3.05) is 19.1 Å². The van der Waals surface area contributed by atoms with Crippen molar-refractivity contribution in [3.8, 4) is 17.2 Å². The predicted molar refractivity (Wildman–Crippen MR) is 129 cm³/mol. The summed E-state index contributed by atoms with van der Waals surface area (Å²) >= 11 is 0. The first-order valence-corrected chi connectivity index (χ1v) is 10.7. The minimum absolute atomic E-state index is 0.178. The van der Waals surface area contributed by atoms with Crippen LogP contribution in [0.4, 0.5) is 11.4 Å². The summed E-state index contributed by atoms with van der Waals surface area (Å²) in [6, 6.07) is 22.0. The van der Waals surface area contributed by atoms with E-state index in [9.17, 15) is 0 Å². The molecule has 0 saturated heterocycles. The zero-order valence-electron chi connectivity index (χ0n) is 18.9. The molecule has 3 aromatic carbocycles. The van der Waals surface area contributed by atoms with Crippen molar-refractivity contribution in [2.24, 2.45) is 4.99 Å². The zero-order valence-corrected chi connectivity index (χ0v) is 18.9. The minimum atomic E-state index is 0.178. The van der Waals surface area contributed by atoms with Crippen LogP contribution in [0.5, 0.6) is 17.2 Å². The van der Waals surface area contributed by atoms with Gasteiger partial charge in [-0.05, 0) is 98.0 Å². The predicted octanol–water partition coefficient (Wildman–Crippen LogP) is 6.96. The van der Waals surface area contributed by atoms with Crippen LogP contribution < -0.4 is 14.4 Å². The Morgan fingerprint density at radius 2 is 1.55 bits per heavy atom. The molecule has 0 bridgehead atoms. The van der Waals surface area contributed by atoms with Crippen molar-refractivity contribution in [1.82, 2.24) is 0 Å².